The van der Waals surface area contributed by atoms with Crippen molar-refractivity contribution in [3.05, 3.63) is 0 Å². The summed E-state index contributed by atoms with van der Waals surface area (Å²) in [7, 11) is 1.48. The minimum absolute atomic E-state index is 0. The maximum absolute atomic E-state index is 9.68. The van der Waals surface area contributed by atoms with Gasteiger partial charge in [-0.1, -0.05) is 0 Å². The van der Waals surface area contributed by atoms with E-state index < -0.39 is 5.97 Å². The molecule has 0 amide bonds. The molecule has 0 aromatic heterocycles. The first-order valence-corrected chi connectivity index (χ1v) is 1.98. The fourth-order valence-corrected chi connectivity index (χ4v) is 0.189. The van der Waals surface area contributed by atoms with E-state index in [0.717, 1.165) is 0 Å². The van der Waals surface area contributed by atoms with E-state index in [2.05, 4.69) is 4.74 Å². The van der Waals surface area contributed by atoms with Crippen LogP contribution >= 0.6 is 0 Å². The summed E-state index contributed by atoms with van der Waals surface area (Å²) in [5.74, 6) is -0.818. The molecule has 0 spiro atoms. The van der Waals surface area contributed by atoms with Crippen molar-refractivity contribution in [2.75, 3.05) is 13.7 Å². The van der Waals surface area contributed by atoms with Crippen LogP contribution in [0.15, 0.2) is 0 Å². The molecule has 0 saturated heterocycles. The largest absolute Gasteiger partial charge is 2.00 e. The van der Waals surface area contributed by atoms with Crippen molar-refractivity contribution in [3.63, 3.8) is 0 Å². The smallest absolute Gasteiger partial charge is 1.00 e. The summed E-state index contributed by atoms with van der Waals surface area (Å²) in [6.07, 6.45) is 0.0938. The molecule has 0 atom stereocenters. The van der Waals surface area contributed by atoms with Crippen LogP contribution in [0.5, 0.6) is 0 Å². The molecule has 8 heavy (non-hydrogen) atoms. The molecule has 0 saturated carbocycles. The Morgan fingerprint density at radius 3 is 2.50 bits per heavy atom. The Kier molecular flexibility index (Phi) is 11.0. The van der Waals surface area contributed by atoms with Gasteiger partial charge in [-0.15, -0.1) is 0 Å². The molecule has 0 aromatic rings. The van der Waals surface area contributed by atoms with Crippen LogP contribution in [0.25, 0.3) is 0 Å². The molecule has 0 aromatic carbocycles. The van der Waals surface area contributed by atoms with Crippen molar-refractivity contribution in [2.24, 2.45) is 0 Å². The van der Waals surface area contributed by atoms with E-state index in [4.69, 9.17) is 5.11 Å². The minimum Gasteiger partial charge on any atom is -1.00 e. The minimum atomic E-state index is -0.818. The Bertz CT molecular complexity index is 71.5. The maximum Gasteiger partial charge on any atom is 2.00 e. The van der Waals surface area contributed by atoms with E-state index in [-0.39, 0.29) is 47.0 Å². The molecular formula is C4H10CaO3. The molecule has 0 rings (SSSR count). The number of carboxylic acid groups (broad SMARTS) is 1. The van der Waals surface area contributed by atoms with Crippen LogP contribution in [0.2, 0.25) is 0 Å². The molecular weight excluding hydrogens is 136 g/mol. The standard InChI is InChI=1S/C4H8O3.Ca.2H/c1-7-3-2-4(5)6;;;/h2-3H2,1H3,(H,5,6);;;/q;+2;2*-1. The Morgan fingerprint density at radius 1 is 1.88 bits per heavy atom. The normalized spacial score (nSPS) is 7.62. The number of rotatable bonds is 3. The number of hydrogen-bond acceptors (Lipinski definition) is 2. The van der Waals surface area contributed by atoms with Crippen molar-refractivity contribution in [3.8, 4) is 0 Å². The average molecular weight is 146 g/mol. The zero-order chi connectivity index (χ0) is 5.70. The second kappa shape index (κ2) is 7.69. The third-order valence-electron chi connectivity index (χ3n) is 0.520. The maximum atomic E-state index is 9.68. The van der Waals surface area contributed by atoms with Gasteiger partial charge >= 0.3 is 43.7 Å². The van der Waals surface area contributed by atoms with Crippen LogP contribution in [0.1, 0.15) is 9.27 Å². The average Bonchev–Trinajstić information content (AvgIpc) is 1.61. The van der Waals surface area contributed by atoms with Gasteiger partial charge in [0.1, 0.15) is 0 Å². The van der Waals surface area contributed by atoms with E-state index in [9.17, 15) is 4.79 Å². The van der Waals surface area contributed by atoms with Gasteiger partial charge in [-0.3, -0.25) is 4.79 Å². The van der Waals surface area contributed by atoms with Gasteiger partial charge in [-0.25, -0.2) is 0 Å². The summed E-state index contributed by atoms with van der Waals surface area (Å²) in [6.45, 7) is 0.301. The molecule has 46 valence electrons. The molecule has 0 heterocycles. The molecule has 1 N–H and O–H groups in total. The molecule has 0 radical (unpaired) electrons. The van der Waals surface area contributed by atoms with Gasteiger partial charge in [0.25, 0.3) is 0 Å². The number of carboxylic acids is 1. The molecule has 0 aliphatic carbocycles. The van der Waals surface area contributed by atoms with Crippen LogP contribution in [0.4, 0.5) is 0 Å². The molecule has 3 nitrogen and oxygen atoms in total. The van der Waals surface area contributed by atoms with Gasteiger partial charge in [0, 0.05) is 7.11 Å². The molecule has 0 bridgehead atoms. The SMILES string of the molecule is COCCC(=O)O.[Ca+2].[H-].[H-]. The Balaban J connectivity index is -0.0000000600. The van der Waals surface area contributed by atoms with Crippen molar-refractivity contribution in [1.82, 2.24) is 0 Å². The van der Waals surface area contributed by atoms with E-state index in [0.29, 0.717) is 6.61 Å². The van der Waals surface area contributed by atoms with Crippen LogP contribution < -0.4 is 0 Å². The Labute approximate surface area is 81.0 Å². The van der Waals surface area contributed by atoms with Crippen molar-refractivity contribution in [1.29, 1.82) is 0 Å². The van der Waals surface area contributed by atoms with Crippen LogP contribution in [-0.4, -0.2) is 62.5 Å². The summed E-state index contributed by atoms with van der Waals surface area (Å²) in [5, 5.41) is 7.96. The number of hydrogen-bond donors (Lipinski definition) is 1. The summed E-state index contributed by atoms with van der Waals surface area (Å²) in [4.78, 5) is 9.68. The molecule has 0 fully saturated rings. The molecule has 4 heteroatoms. The Morgan fingerprint density at radius 2 is 2.38 bits per heavy atom. The van der Waals surface area contributed by atoms with Gasteiger partial charge < -0.3 is 12.7 Å². The number of methoxy groups -OCH3 is 1. The first kappa shape index (κ1) is 11.5. The molecule has 0 aliphatic heterocycles. The zero-order valence-corrected chi connectivity index (χ0v) is 7.09. The van der Waals surface area contributed by atoms with E-state index in [1.807, 2.05) is 0 Å². The predicted octanol–water partition coefficient (Wildman–Crippen LogP) is -0.0483. The van der Waals surface area contributed by atoms with Crippen molar-refractivity contribution >= 4 is 43.7 Å². The Hall–Kier alpha value is 0.690. The van der Waals surface area contributed by atoms with Crippen molar-refractivity contribution in [2.45, 2.75) is 6.42 Å². The van der Waals surface area contributed by atoms with Gasteiger partial charge in [0.05, 0.1) is 13.0 Å². The second-order valence-corrected chi connectivity index (χ2v) is 1.14. The third-order valence-corrected chi connectivity index (χ3v) is 0.520. The topological polar surface area (TPSA) is 46.5 Å². The monoisotopic (exact) mass is 146 g/mol. The van der Waals surface area contributed by atoms with Crippen LogP contribution in [0, 0.1) is 0 Å². The fraction of sp³-hybridized carbons (Fsp3) is 0.750. The molecule has 0 unspecified atom stereocenters. The molecule has 0 aliphatic rings. The number of aliphatic carboxylic acids is 1. The summed E-state index contributed by atoms with van der Waals surface area (Å²) >= 11 is 0. The third kappa shape index (κ3) is 9.85. The van der Waals surface area contributed by atoms with Crippen LogP contribution in [0.3, 0.4) is 0 Å². The van der Waals surface area contributed by atoms with Gasteiger partial charge in [-0.2, -0.15) is 0 Å². The van der Waals surface area contributed by atoms with Gasteiger partial charge in [-0.05, 0) is 0 Å². The first-order chi connectivity index (χ1) is 3.27. The quantitative estimate of drug-likeness (QED) is 0.568. The second-order valence-electron chi connectivity index (χ2n) is 1.14. The first-order valence-electron chi connectivity index (χ1n) is 1.98. The zero-order valence-electron chi connectivity index (χ0n) is 6.89. The van der Waals surface area contributed by atoms with E-state index in [1.54, 1.807) is 0 Å². The fourth-order valence-electron chi connectivity index (χ4n) is 0.189. The van der Waals surface area contributed by atoms with Crippen LogP contribution in [-0.2, 0) is 9.53 Å². The number of carbonyl (C=O) groups is 1. The predicted molar refractivity (Wildman–Crippen MR) is 32.1 cm³/mol. The van der Waals surface area contributed by atoms with E-state index in [1.165, 1.54) is 7.11 Å². The number of ether oxygens (including phenoxy) is 1. The summed E-state index contributed by atoms with van der Waals surface area (Å²) in [6, 6.07) is 0. The van der Waals surface area contributed by atoms with Crippen molar-refractivity contribution < 1.29 is 17.5 Å². The van der Waals surface area contributed by atoms with Gasteiger partial charge in [0.2, 0.25) is 0 Å². The van der Waals surface area contributed by atoms with E-state index >= 15 is 0 Å². The summed E-state index contributed by atoms with van der Waals surface area (Å²) in [5.41, 5.74) is 0. The summed E-state index contributed by atoms with van der Waals surface area (Å²) < 4.78 is 4.47. The van der Waals surface area contributed by atoms with Gasteiger partial charge in [0.15, 0.2) is 0 Å².